The molecule has 0 rings (SSSR count). The molecule has 0 aliphatic heterocycles. The van der Waals surface area contributed by atoms with Gasteiger partial charge in [0.05, 0.1) is 13.2 Å². The highest BCUT2D eigenvalue weighted by molar-refractivity contribution is 4.64. The van der Waals surface area contributed by atoms with E-state index in [9.17, 15) is 10.2 Å². The third-order valence-electron chi connectivity index (χ3n) is 1.66. The van der Waals surface area contributed by atoms with Gasteiger partial charge in [0.25, 0.3) is 0 Å². The lowest BCUT2D eigenvalue weighted by atomic mass is 10.2. The standard InChI is InChI=1S/C10H22O6/c1-3-5-13-15-7-9(11)10(12)8-16-14-6-4-2/h9-12H,3-8H2,1-2H3. The van der Waals surface area contributed by atoms with Crippen LogP contribution in [0.2, 0.25) is 0 Å². The zero-order valence-electron chi connectivity index (χ0n) is 9.92. The minimum absolute atomic E-state index is 0.0989. The zero-order chi connectivity index (χ0) is 12.2. The van der Waals surface area contributed by atoms with Gasteiger partial charge in [-0.25, -0.2) is 19.6 Å². The average molecular weight is 238 g/mol. The summed E-state index contributed by atoms with van der Waals surface area (Å²) in [6, 6.07) is 0. The molecule has 2 unspecified atom stereocenters. The van der Waals surface area contributed by atoms with Gasteiger partial charge in [-0.05, 0) is 12.8 Å². The number of aliphatic hydroxyl groups excluding tert-OH is 2. The minimum atomic E-state index is -1.05. The van der Waals surface area contributed by atoms with E-state index in [1.807, 2.05) is 13.8 Å². The second kappa shape index (κ2) is 11.3. The molecule has 0 saturated heterocycles. The summed E-state index contributed by atoms with van der Waals surface area (Å²) in [6.45, 7) is 4.59. The molecule has 98 valence electrons. The summed E-state index contributed by atoms with van der Waals surface area (Å²) in [5.41, 5.74) is 0. The first kappa shape index (κ1) is 15.8. The Morgan fingerprint density at radius 2 is 1.12 bits per heavy atom. The Morgan fingerprint density at radius 1 is 0.750 bits per heavy atom. The van der Waals surface area contributed by atoms with Gasteiger partial charge >= 0.3 is 0 Å². The van der Waals surface area contributed by atoms with Crippen LogP contribution in [-0.2, 0) is 19.6 Å². The molecule has 0 aromatic heterocycles. The van der Waals surface area contributed by atoms with Crippen molar-refractivity contribution in [3.63, 3.8) is 0 Å². The Balaban J connectivity index is 3.38. The molecule has 0 fully saturated rings. The van der Waals surface area contributed by atoms with Gasteiger partial charge in [0.15, 0.2) is 0 Å². The van der Waals surface area contributed by atoms with Crippen molar-refractivity contribution in [1.82, 2.24) is 0 Å². The highest BCUT2D eigenvalue weighted by Gasteiger charge is 2.17. The highest BCUT2D eigenvalue weighted by Crippen LogP contribution is 1.97. The van der Waals surface area contributed by atoms with Gasteiger partial charge in [-0.15, -0.1) is 0 Å². The first-order valence-corrected chi connectivity index (χ1v) is 5.57. The number of aliphatic hydroxyl groups is 2. The smallest absolute Gasteiger partial charge is 0.111 e. The minimum Gasteiger partial charge on any atom is -0.388 e. The Kier molecular flexibility index (Phi) is 11.1. The van der Waals surface area contributed by atoms with Crippen LogP contribution >= 0.6 is 0 Å². The van der Waals surface area contributed by atoms with Crippen molar-refractivity contribution in [2.45, 2.75) is 38.9 Å². The molecular weight excluding hydrogens is 216 g/mol. The fraction of sp³-hybridized carbons (Fsp3) is 1.00. The summed E-state index contributed by atoms with van der Waals surface area (Å²) in [5, 5.41) is 18.8. The second-order valence-electron chi connectivity index (χ2n) is 3.35. The quantitative estimate of drug-likeness (QED) is 0.309. The Morgan fingerprint density at radius 3 is 1.44 bits per heavy atom. The van der Waals surface area contributed by atoms with Crippen LogP contribution in [0.4, 0.5) is 0 Å². The number of hydrogen-bond donors (Lipinski definition) is 2. The molecule has 0 aromatic carbocycles. The van der Waals surface area contributed by atoms with Gasteiger partial charge in [0.2, 0.25) is 0 Å². The van der Waals surface area contributed by atoms with Crippen molar-refractivity contribution in [3.05, 3.63) is 0 Å². The van der Waals surface area contributed by atoms with Crippen LogP contribution in [0.1, 0.15) is 26.7 Å². The SMILES string of the molecule is CCCOOCC(O)C(O)COOCCC. The molecule has 0 heterocycles. The van der Waals surface area contributed by atoms with Crippen LogP contribution in [0.3, 0.4) is 0 Å². The molecule has 0 radical (unpaired) electrons. The van der Waals surface area contributed by atoms with Crippen molar-refractivity contribution in [2.24, 2.45) is 0 Å². The van der Waals surface area contributed by atoms with Crippen LogP contribution in [0.25, 0.3) is 0 Å². The predicted molar refractivity (Wildman–Crippen MR) is 56.4 cm³/mol. The molecule has 2 atom stereocenters. The van der Waals surface area contributed by atoms with Gasteiger partial charge in [-0.1, -0.05) is 13.8 Å². The Bertz CT molecular complexity index is 127. The molecule has 16 heavy (non-hydrogen) atoms. The summed E-state index contributed by atoms with van der Waals surface area (Å²) in [7, 11) is 0. The van der Waals surface area contributed by atoms with E-state index in [1.54, 1.807) is 0 Å². The van der Waals surface area contributed by atoms with E-state index >= 15 is 0 Å². The van der Waals surface area contributed by atoms with Gasteiger partial charge in [-0.2, -0.15) is 0 Å². The van der Waals surface area contributed by atoms with E-state index in [2.05, 4.69) is 9.78 Å². The molecule has 0 bridgehead atoms. The molecular formula is C10H22O6. The van der Waals surface area contributed by atoms with Crippen LogP contribution in [0.15, 0.2) is 0 Å². The van der Waals surface area contributed by atoms with Crippen LogP contribution < -0.4 is 0 Å². The van der Waals surface area contributed by atoms with Crippen molar-refractivity contribution >= 4 is 0 Å². The number of rotatable bonds is 11. The van der Waals surface area contributed by atoms with Crippen LogP contribution in [0.5, 0.6) is 0 Å². The zero-order valence-corrected chi connectivity index (χ0v) is 9.92. The van der Waals surface area contributed by atoms with Crippen LogP contribution in [0, 0.1) is 0 Å². The Labute approximate surface area is 95.9 Å². The average Bonchev–Trinajstić information content (AvgIpc) is 2.29. The monoisotopic (exact) mass is 238 g/mol. The fourth-order valence-electron chi connectivity index (χ4n) is 0.742. The van der Waals surface area contributed by atoms with E-state index in [-0.39, 0.29) is 13.2 Å². The summed E-state index contributed by atoms with van der Waals surface area (Å²) in [6.07, 6.45) is -0.455. The summed E-state index contributed by atoms with van der Waals surface area (Å²) in [4.78, 5) is 18.8. The maximum absolute atomic E-state index is 9.38. The van der Waals surface area contributed by atoms with E-state index in [4.69, 9.17) is 9.78 Å². The first-order valence-electron chi connectivity index (χ1n) is 5.57. The highest BCUT2D eigenvalue weighted by atomic mass is 17.2. The van der Waals surface area contributed by atoms with Crippen molar-refractivity contribution in [3.8, 4) is 0 Å². The first-order chi connectivity index (χ1) is 7.72. The predicted octanol–water partition coefficient (Wildman–Crippen LogP) is 0.425. The molecule has 0 amide bonds. The van der Waals surface area contributed by atoms with Crippen molar-refractivity contribution < 1.29 is 29.8 Å². The summed E-state index contributed by atoms with van der Waals surface area (Å²) < 4.78 is 0. The third-order valence-corrected chi connectivity index (χ3v) is 1.66. The molecule has 0 aliphatic rings. The molecule has 6 nitrogen and oxygen atoms in total. The Hall–Kier alpha value is -0.240. The van der Waals surface area contributed by atoms with E-state index in [0.717, 1.165) is 12.8 Å². The molecule has 0 aromatic rings. The van der Waals surface area contributed by atoms with Gasteiger partial charge < -0.3 is 10.2 Å². The van der Waals surface area contributed by atoms with E-state index in [0.29, 0.717) is 13.2 Å². The van der Waals surface area contributed by atoms with Crippen molar-refractivity contribution in [2.75, 3.05) is 26.4 Å². The van der Waals surface area contributed by atoms with Gasteiger partial charge in [0.1, 0.15) is 25.4 Å². The molecule has 0 saturated carbocycles. The number of hydrogen-bond acceptors (Lipinski definition) is 6. The van der Waals surface area contributed by atoms with Crippen LogP contribution in [-0.4, -0.2) is 48.8 Å². The molecule has 2 N–H and O–H groups in total. The molecule has 0 aliphatic carbocycles. The lowest BCUT2D eigenvalue weighted by molar-refractivity contribution is -0.325. The lowest BCUT2D eigenvalue weighted by Crippen LogP contribution is -2.34. The normalized spacial score (nSPS) is 15.0. The van der Waals surface area contributed by atoms with Crippen molar-refractivity contribution in [1.29, 1.82) is 0 Å². The van der Waals surface area contributed by atoms with Gasteiger partial charge in [0, 0.05) is 0 Å². The van der Waals surface area contributed by atoms with Gasteiger partial charge in [-0.3, -0.25) is 0 Å². The summed E-state index contributed by atoms with van der Waals surface area (Å²) >= 11 is 0. The maximum atomic E-state index is 9.38. The molecule has 6 heteroatoms. The fourth-order valence-corrected chi connectivity index (χ4v) is 0.742. The van der Waals surface area contributed by atoms with E-state index in [1.165, 1.54) is 0 Å². The topological polar surface area (TPSA) is 77.4 Å². The second-order valence-corrected chi connectivity index (χ2v) is 3.35. The van der Waals surface area contributed by atoms with E-state index < -0.39 is 12.2 Å². The maximum Gasteiger partial charge on any atom is 0.111 e. The largest absolute Gasteiger partial charge is 0.388 e. The lowest BCUT2D eigenvalue weighted by Gasteiger charge is -2.16. The third kappa shape index (κ3) is 9.02. The summed E-state index contributed by atoms with van der Waals surface area (Å²) in [5.74, 6) is 0. The molecule has 0 spiro atoms.